The average Bonchev–Trinajstić information content (AvgIpc) is 3.26. The van der Waals surface area contributed by atoms with Crippen LogP contribution in [-0.4, -0.2) is 11.3 Å². The molecule has 0 nitrogen and oxygen atoms in total. The summed E-state index contributed by atoms with van der Waals surface area (Å²) in [6.45, 7) is 13.8. The van der Waals surface area contributed by atoms with Gasteiger partial charge in [-0.05, 0) is 11.3 Å². The van der Waals surface area contributed by atoms with E-state index in [-0.39, 0.29) is 7.92 Å². The molecule has 2 aromatic rings. The fourth-order valence-corrected chi connectivity index (χ4v) is 6.67. The third-order valence-corrected chi connectivity index (χ3v) is 8.07. The van der Waals surface area contributed by atoms with Crippen LogP contribution in [0.1, 0.15) is 67.2 Å². The molecule has 0 fully saturated rings. The molecule has 1 aliphatic carbocycles. The van der Waals surface area contributed by atoms with Gasteiger partial charge in [0.1, 0.15) is 0 Å². The van der Waals surface area contributed by atoms with Gasteiger partial charge in [0, 0.05) is 0 Å². The topological polar surface area (TPSA) is 0 Å². The van der Waals surface area contributed by atoms with Gasteiger partial charge in [-0.2, -0.15) is 12.1 Å². The van der Waals surface area contributed by atoms with Gasteiger partial charge in [-0.15, -0.1) is 53.7 Å². The number of rotatable bonds is 6. The van der Waals surface area contributed by atoms with E-state index in [1.54, 1.807) is 5.30 Å². The van der Waals surface area contributed by atoms with E-state index >= 15 is 0 Å². The first-order valence-electron chi connectivity index (χ1n) is 10.5. The average molecular weight is 529 g/mol. The molecule has 0 N–H and O–H groups in total. The summed E-state index contributed by atoms with van der Waals surface area (Å²) >= 11 is -0.826. The van der Waals surface area contributed by atoms with E-state index in [0.717, 1.165) is 17.7 Å². The number of unbranched alkanes of at least 4 members (excludes halogenated alkanes) is 1. The van der Waals surface area contributed by atoms with Gasteiger partial charge >= 0.3 is 37.9 Å². The summed E-state index contributed by atoms with van der Waals surface area (Å²) in [6.07, 6.45) is 10.5. The van der Waals surface area contributed by atoms with Crippen LogP contribution < -0.4 is 5.30 Å². The number of fused-ring (bicyclic) bond motifs is 1. The van der Waals surface area contributed by atoms with Crippen molar-refractivity contribution in [1.82, 2.24) is 0 Å². The molecular formula is C25H35Cl2PZr. The molecule has 0 aliphatic heterocycles. The Morgan fingerprint density at radius 1 is 1.14 bits per heavy atom. The van der Waals surface area contributed by atoms with Crippen molar-refractivity contribution in [3.8, 4) is 0 Å². The van der Waals surface area contributed by atoms with Crippen LogP contribution in [0, 0.1) is 6.08 Å². The summed E-state index contributed by atoms with van der Waals surface area (Å²) in [5.41, 5.74) is 4.45. The molecule has 29 heavy (non-hydrogen) atoms. The second-order valence-electron chi connectivity index (χ2n) is 7.86. The Balaban J connectivity index is 0.000000277. The van der Waals surface area contributed by atoms with E-state index in [1.165, 1.54) is 41.2 Å². The fourth-order valence-electron chi connectivity index (χ4n) is 3.70. The molecule has 2 aromatic carbocycles. The number of hydrogen-bond acceptors (Lipinski definition) is 0. The third kappa shape index (κ3) is 9.48. The SMILES string of the molecule is CC(C)P(c1cc2ccccc2[cH-]1)C(C)C.CCCCC1=[C-]CC=C1C.[Cl][Zr+2][Cl]. The summed E-state index contributed by atoms with van der Waals surface area (Å²) in [5, 5.41) is 4.36. The van der Waals surface area contributed by atoms with Crippen LogP contribution in [0.15, 0.2) is 53.6 Å². The molecule has 0 spiro atoms. The Hall–Kier alpha value is 0.203. The van der Waals surface area contributed by atoms with Crippen LogP contribution in [0.5, 0.6) is 0 Å². The van der Waals surface area contributed by atoms with Gasteiger partial charge in [0.25, 0.3) is 0 Å². The molecule has 158 valence electrons. The molecule has 0 unspecified atom stereocenters. The molecule has 0 atom stereocenters. The Bertz CT molecular complexity index is 733. The summed E-state index contributed by atoms with van der Waals surface area (Å²) in [6, 6.07) is 13.5. The number of allylic oxidation sites excluding steroid dienone is 4. The van der Waals surface area contributed by atoms with Gasteiger partial charge in [0.05, 0.1) is 0 Å². The Kier molecular flexibility index (Phi) is 14.2. The minimum atomic E-state index is -0.826. The predicted octanol–water partition coefficient (Wildman–Crippen LogP) is 9.12. The molecular weight excluding hydrogens is 493 g/mol. The molecule has 3 rings (SSSR count). The number of hydrogen-bond donors (Lipinski definition) is 0. The van der Waals surface area contributed by atoms with Gasteiger partial charge in [-0.25, -0.2) is 11.1 Å². The first-order valence-corrected chi connectivity index (χ1v) is 18.3. The van der Waals surface area contributed by atoms with Crippen molar-refractivity contribution in [1.29, 1.82) is 0 Å². The van der Waals surface area contributed by atoms with Crippen molar-refractivity contribution in [3.05, 3.63) is 59.7 Å². The molecule has 1 aliphatic rings. The maximum atomic E-state index is 4.93. The fraction of sp³-hybridized carbons (Fsp3) is 0.480. The van der Waals surface area contributed by atoms with Crippen molar-refractivity contribution in [2.75, 3.05) is 0 Å². The van der Waals surface area contributed by atoms with E-state index in [2.05, 4.69) is 90.1 Å². The Labute approximate surface area is 198 Å². The van der Waals surface area contributed by atoms with Gasteiger partial charge < -0.3 is 0 Å². The van der Waals surface area contributed by atoms with Crippen molar-refractivity contribution in [3.63, 3.8) is 0 Å². The zero-order valence-corrected chi connectivity index (χ0v) is 23.6. The van der Waals surface area contributed by atoms with E-state index in [4.69, 9.17) is 17.0 Å². The van der Waals surface area contributed by atoms with E-state index in [9.17, 15) is 0 Å². The monoisotopic (exact) mass is 526 g/mol. The van der Waals surface area contributed by atoms with Crippen LogP contribution in [-0.2, 0) is 20.8 Å². The molecule has 0 saturated heterocycles. The minimum absolute atomic E-state index is 0.0206. The first kappa shape index (κ1) is 27.2. The molecule has 0 saturated carbocycles. The zero-order chi connectivity index (χ0) is 21.8. The van der Waals surface area contributed by atoms with Gasteiger partial charge in [-0.3, -0.25) is 6.08 Å². The standard InChI is InChI=1S/C15H20P.C10H15.2ClH.Zr/c1-11(2)16(12(3)4)15-9-13-7-5-6-8-14(13)10-15;1-3-4-7-10-8-5-6-9(10)2;;;/h5-12H,1-4H3;6H,3-5,7H2,1-2H3;2*1H;/q2*-1;;;+4/p-2. The molecule has 0 bridgehead atoms. The molecule has 0 radical (unpaired) electrons. The van der Waals surface area contributed by atoms with E-state index < -0.39 is 20.8 Å². The summed E-state index contributed by atoms with van der Waals surface area (Å²) in [4.78, 5) is 0. The molecule has 0 amide bonds. The Morgan fingerprint density at radius 3 is 2.24 bits per heavy atom. The molecule has 0 heterocycles. The zero-order valence-electron chi connectivity index (χ0n) is 18.7. The van der Waals surface area contributed by atoms with Crippen molar-refractivity contribution >= 4 is 41.0 Å². The molecule has 0 aromatic heterocycles. The normalized spacial score (nSPS) is 12.9. The maximum absolute atomic E-state index is 4.93. The van der Waals surface area contributed by atoms with Crippen LogP contribution in [0.4, 0.5) is 0 Å². The van der Waals surface area contributed by atoms with Crippen molar-refractivity contribution in [2.45, 2.75) is 78.5 Å². The predicted molar refractivity (Wildman–Crippen MR) is 133 cm³/mol. The second kappa shape index (κ2) is 15.1. The second-order valence-corrected chi connectivity index (χ2v) is 15.0. The van der Waals surface area contributed by atoms with E-state index in [1.807, 2.05) is 0 Å². The molecule has 4 heteroatoms. The van der Waals surface area contributed by atoms with Crippen LogP contribution >= 0.6 is 24.9 Å². The Morgan fingerprint density at radius 2 is 1.76 bits per heavy atom. The van der Waals surface area contributed by atoms with Gasteiger partial charge in [-0.1, -0.05) is 67.9 Å². The first-order chi connectivity index (χ1) is 13.8. The number of benzene rings is 1. The number of halogens is 2. The van der Waals surface area contributed by atoms with Crippen LogP contribution in [0.2, 0.25) is 0 Å². The quantitative estimate of drug-likeness (QED) is 0.259. The third-order valence-electron chi connectivity index (χ3n) is 4.99. The summed E-state index contributed by atoms with van der Waals surface area (Å²) in [5.74, 6) is 0. The van der Waals surface area contributed by atoms with Crippen molar-refractivity contribution in [2.24, 2.45) is 0 Å². The van der Waals surface area contributed by atoms with Gasteiger partial charge in [0.15, 0.2) is 0 Å². The summed E-state index contributed by atoms with van der Waals surface area (Å²) in [7, 11) is 9.85. The summed E-state index contributed by atoms with van der Waals surface area (Å²) < 4.78 is 0. The van der Waals surface area contributed by atoms with Crippen molar-refractivity contribution < 1.29 is 20.8 Å². The van der Waals surface area contributed by atoms with Gasteiger partial charge in [0.2, 0.25) is 0 Å². The van der Waals surface area contributed by atoms with Crippen LogP contribution in [0.25, 0.3) is 10.8 Å². The van der Waals surface area contributed by atoms with E-state index in [0.29, 0.717) is 0 Å². The van der Waals surface area contributed by atoms with Crippen LogP contribution in [0.3, 0.4) is 0 Å².